The number of fused-ring (bicyclic) bond motifs is 1. The minimum atomic E-state index is -1.13. The van der Waals surface area contributed by atoms with Gasteiger partial charge in [-0.1, -0.05) is 24.9 Å². The number of carbonyl (C=O) groups is 2. The molecule has 0 fully saturated rings. The van der Waals surface area contributed by atoms with Crippen LogP contribution in [0.1, 0.15) is 35.7 Å². The number of hydrogen-bond donors (Lipinski definition) is 0. The molecule has 20 heavy (non-hydrogen) atoms. The van der Waals surface area contributed by atoms with E-state index >= 15 is 0 Å². The molecular formula is C15H17ClO3S. The first kappa shape index (κ1) is 15.4. The third-order valence-electron chi connectivity index (χ3n) is 3.48. The van der Waals surface area contributed by atoms with Gasteiger partial charge in [0.25, 0.3) is 0 Å². The van der Waals surface area contributed by atoms with Crippen LogP contribution in [-0.2, 0) is 16.0 Å². The maximum absolute atomic E-state index is 12.7. The number of unbranched alkanes of at least 4 members (excludes halogenated alkanes) is 1. The molecule has 1 atom stereocenters. The van der Waals surface area contributed by atoms with Crippen LogP contribution in [0, 0.1) is 0 Å². The Kier molecular flexibility index (Phi) is 4.76. The molecule has 0 spiro atoms. The van der Waals surface area contributed by atoms with Gasteiger partial charge in [0.2, 0.25) is 0 Å². The standard InChI is InChI=1S/C15H17ClO3S/c1-3-4-7-20-15(14(18)19-2)9-10-8-11(16)5-6-12(10)13(15)17/h5-6,8H,3-4,7,9H2,1-2H3/t15-/m0/s1. The van der Waals surface area contributed by atoms with E-state index in [1.54, 1.807) is 18.2 Å². The van der Waals surface area contributed by atoms with Gasteiger partial charge in [0.05, 0.1) is 7.11 Å². The lowest BCUT2D eigenvalue weighted by atomic mass is 10.0. The fraction of sp³-hybridized carbons (Fsp3) is 0.467. The van der Waals surface area contributed by atoms with Gasteiger partial charge in [-0.3, -0.25) is 9.59 Å². The highest BCUT2D eigenvalue weighted by Gasteiger charge is 2.52. The SMILES string of the molecule is CCCCS[C@@]1(C(=O)OC)Cc2cc(Cl)ccc2C1=O. The third-order valence-corrected chi connectivity index (χ3v) is 5.20. The van der Waals surface area contributed by atoms with E-state index in [1.807, 2.05) is 0 Å². The summed E-state index contributed by atoms with van der Waals surface area (Å²) >= 11 is 7.36. The number of ketones is 1. The van der Waals surface area contributed by atoms with Crippen LogP contribution >= 0.6 is 23.4 Å². The predicted molar refractivity (Wildman–Crippen MR) is 81.6 cm³/mol. The molecule has 0 saturated carbocycles. The predicted octanol–water partition coefficient (Wildman–Crippen LogP) is 3.52. The second-order valence-corrected chi connectivity index (χ2v) is 6.66. The van der Waals surface area contributed by atoms with E-state index in [4.69, 9.17) is 16.3 Å². The van der Waals surface area contributed by atoms with Gasteiger partial charge >= 0.3 is 5.97 Å². The third kappa shape index (κ3) is 2.59. The molecule has 0 N–H and O–H groups in total. The van der Waals surface area contributed by atoms with Gasteiger partial charge in [-0.2, -0.15) is 0 Å². The van der Waals surface area contributed by atoms with Crippen molar-refractivity contribution in [1.82, 2.24) is 0 Å². The molecule has 2 rings (SSSR count). The Hall–Kier alpha value is -1.00. The lowest BCUT2D eigenvalue weighted by Crippen LogP contribution is -2.42. The topological polar surface area (TPSA) is 43.4 Å². The van der Waals surface area contributed by atoms with Gasteiger partial charge in [0.15, 0.2) is 10.5 Å². The summed E-state index contributed by atoms with van der Waals surface area (Å²) in [6.07, 6.45) is 2.35. The zero-order valence-corrected chi connectivity index (χ0v) is 13.1. The molecule has 1 aromatic carbocycles. The van der Waals surface area contributed by atoms with Crippen molar-refractivity contribution in [3.05, 3.63) is 34.3 Å². The molecule has 0 bridgehead atoms. The summed E-state index contributed by atoms with van der Waals surface area (Å²) in [5.41, 5.74) is 1.42. The Labute approximate surface area is 128 Å². The summed E-state index contributed by atoms with van der Waals surface area (Å²) in [5.74, 6) is 0.145. The van der Waals surface area contributed by atoms with E-state index < -0.39 is 10.7 Å². The second kappa shape index (κ2) is 6.19. The Balaban J connectivity index is 2.35. The number of rotatable bonds is 5. The van der Waals surface area contributed by atoms with Crippen LogP contribution in [0.15, 0.2) is 18.2 Å². The molecule has 0 aromatic heterocycles. The van der Waals surface area contributed by atoms with Crippen molar-refractivity contribution >= 4 is 35.1 Å². The first-order chi connectivity index (χ1) is 9.55. The van der Waals surface area contributed by atoms with Crippen molar-refractivity contribution in [1.29, 1.82) is 0 Å². The molecule has 5 heteroatoms. The van der Waals surface area contributed by atoms with Gasteiger partial charge in [-0.05, 0) is 35.9 Å². The van der Waals surface area contributed by atoms with Crippen LogP contribution in [0.2, 0.25) is 5.02 Å². The number of thioether (sulfide) groups is 1. The Morgan fingerprint density at radius 2 is 2.25 bits per heavy atom. The highest BCUT2D eigenvalue weighted by atomic mass is 35.5. The van der Waals surface area contributed by atoms with Gasteiger partial charge in [0, 0.05) is 17.0 Å². The number of hydrogen-bond acceptors (Lipinski definition) is 4. The second-order valence-electron chi connectivity index (χ2n) is 4.83. The Morgan fingerprint density at radius 3 is 2.90 bits per heavy atom. The highest BCUT2D eigenvalue weighted by molar-refractivity contribution is 8.02. The molecule has 3 nitrogen and oxygen atoms in total. The molecular weight excluding hydrogens is 296 g/mol. The van der Waals surface area contributed by atoms with Gasteiger partial charge in [0.1, 0.15) is 0 Å². The summed E-state index contributed by atoms with van der Waals surface area (Å²) < 4.78 is 3.76. The number of esters is 1. The van der Waals surface area contributed by atoms with Crippen LogP contribution < -0.4 is 0 Å². The van der Waals surface area contributed by atoms with Crippen LogP contribution in [-0.4, -0.2) is 29.4 Å². The first-order valence-electron chi connectivity index (χ1n) is 6.60. The smallest absolute Gasteiger partial charge is 0.330 e. The van der Waals surface area contributed by atoms with Gasteiger partial charge in [-0.15, -0.1) is 11.8 Å². The Bertz CT molecular complexity index is 544. The summed E-state index contributed by atoms with van der Waals surface area (Å²) in [7, 11) is 1.33. The van der Waals surface area contributed by atoms with Crippen LogP contribution in [0.25, 0.3) is 0 Å². The first-order valence-corrected chi connectivity index (χ1v) is 7.97. The largest absolute Gasteiger partial charge is 0.468 e. The molecule has 108 valence electrons. The lowest BCUT2D eigenvalue weighted by Gasteiger charge is -2.23. The van der Waals surface area contributed by atoms with E-state index in [1.165, 1.54) is 18.9 Å². The van der Waals surface area contributed by atoms with Crippen molar-refractivity contribution < 1.29 is 14.3 Å². The lowest BCUT2D eigenvalue weighted by molar-refractivity contribution is -0.141. The molecule has 0 radical (unpaired) electrons. The Morgan fingerprint density at radius 1 is 1.50 bits per heavy atom. The minimum absolute atomic E-state index is 0.155. The van der Waals surface area contributed by atoms with E-state index in [2.05, 4.69) is 6.92 Å². The average molecular weight is 313 g/mol. The van der Waals surface area contributed by atoms with Crippen molar-refractivity contribution in [3.8, 4) is 0 Å². The summed E-state index contributed by atoms with van der Waals surface area (Å²) in [4.78, 5) is 24.9. The zero-order valence-electron chi connectivity index (χ0n) is 11.6. The number of ether oxygens (including phenoxy) is 1. The molecule has 0 saturated heterocycles. The van der Waals surface area contributed by atoms with Crippen LogP contribution in [0.4, 0.5) is 0 Å². The van der Waals surface area contributed by atoms with Crippen LogP contribution in [0.3, 0.4) is 0 Å². The molecule has 0 heterocycles. The average Bonchev–Trinajstić information content (AvgIpc) is 2.71. The zero-order chi connectivity index (χ0) is 14.8. The molecule has 0 unspecified atom stereocenters. The highest BCUT2D eigenvalue weighted by Crippen LogP contribution is 2.42. The maximum atomic E-state index is 12.7. The summed E-state index contributed by atoms with van der Waals surface area (Å²) in [6, 6.07) is 5.15. The van der Waals surface area contributed by atoms with E-state index in [0.717, 1.165) is 24.2 Å². The molecule has 1 aromatic rings. The van der Waals surface area contributed by atoms with Crippen molar-refractivity contribution in [2.75, 3.05) is 12.9 Å². The van der Waals surface area contributed by atoms with Crippen LogP contribution in [0.5, 0.6) is 0 Å². The molecule has 1 aliphatic carbocycles. The van der Waals surface area contributed by atoms with Gasteiger partial charge < -0.3 is 4.74 Å². The van der Waals surface area contributed by atoms with Crippen molar-refractivity contribution in [2.24, 2.45) is 0 Å². The fourth-order valence-electron chi connectivity index (χ4n) is 2.39. The van der Waals surface area contributed by atoms with E-state index in [9.17, 15) is 9.59 Å². The van der Waals surface area contributed by atoms with Crippen molar-refractivity contribution in [3.63, 3.8) is 0 Å². The number of benzene rings is 1. The summed E-state index contributed by atoms with van der Waals surface area (Å²) in [5, 5.41) is 0.579. The maximum Gasteiger partial charge on any atom is 0.330 e. The number of methoxy groups -OCH3 is 1. The van der Waals surface area contributed by atoms with Gasteiger partial charge in [-0.25, -0.2) is 0 Å². The summed E-state index contributed by atoms with van der Waals surface area (Å²) in [6.45, 7) is 2.08. The molecule has 0 aliphatic heterocycles. The van der Waals surface area contributed by atoms with Crippen molar-refractivity contribution in [2.45, 2.75) is 30.9 Å². The number of halogens is 1. The minimum Gasteiger partial charge on any atom is -0.468 e. The van der Waals surface area contributed by atoms with E-state index in [-0.39, 0.29) is 5.78 Å². The van der Waals surface area contributed by atoms with E-state index in [0.29, 0.717) is 17.0 Å². The monoisotopic (exact) mass is 312 g/mol. The number of Topliss-reactive ketones (excluding diaryl/α,β-unsaturated/α-hetero) is 1. The normalized spacial score (nSPS) is 20.9. The quantitative estimate of drug-likeness (QED) is 0.474. The molecule has 1 aliphatic rings. The molecule has 0 amide bonds. The number of carbonyl (C=O) groups excluding carboxylic acids is 2. The fourth-order valence-corrected chi connectivity index (χ4v) is 4.07.